The standard InChI is InChI=1S/C17H22N2O/c1-12-3-2-4-16(9-12)19-17(20)18-8-7-15-11-13-5-6-14(15)10-13/h2-6,9,13-15H,7-8,10-11H2,1H3,(H2,18,19,20)/t13-,14-,15-/m0/s1. The molecule has 1 fully saturated rings. The number of allylic oxidation sites excluding steroid dienone is 2. The molecule has 0 spiro atoms. The summed E-state index contributed by atoms with van der Waals surface area (Å²) in [5, 5.41) is 5.84. The molecule has 0 heterocycles. The van der Waals surface area contributed by atoms with E-state index in [1.807, 2.05) is 31.2 Å². The maximum Gasteiger partial charge on any atom is 0.319 e. The summed E-state index contributed by atoms with van der Waals surface area (Å²) in [6, 6.07) is 7.75. The normalized spacial score (nSPS) is 26.8. The van der Waals surface area contributed by atoms with E-state index in [0.717, 1.165) is 42.0 Å². The number of urea groups is 1. The van der Waals surface area contributed by atoms with Gasteiger partial charge in [-0.15, -0.1) is 0 Å². The Labute approximate surface area is 120 Å². The van der Waals surface area contributed by atoms with Gasteiger partial charge in [-0.3, -0.25) is 0 Å². The van der Waals surface area contributed by atoms with Crippen molar-refractivity contribution in [3.8, 4) is 0 Å². The van der Waals surface area contributed by atoms with Gasteiger partial charge in [0.2, 0.25) is 0 Å². The molecule has 2 bridgehead atoms. The van der Waals surface area contributed by atoms with E-state index in [1.165, 1.54) is 12.8 Å². The smallest absolute Gasteiger partial charge is 0.319 e. The maximum absolute atomic E-state index is 11.8. The molecular weight excluding hydrogens is 248 g/mol. The lowest BCUT2D eigenvalue weighted by molar-refractivity contribution is 0.250. The van der Waals surface area contributed by atoms with Crippen molar-refractivity contribution in [3.63, 3.8) is 0 Å². The predicted molar refractivity (Wildman–Crippen MR) is 81.7 cm³/mol. The van der Waals surface area contributed by atoms with Gasteiger partial charge >= 0.3 is 6.03 Å². The van der Waals surface area contributed by atoms with E-state index in [-0.39, 0.29) is 6.03 Å². The third kappa shape index (κ3) is 3.03. The van der Waals surface area contributed by atoms with Crippen LogP contribution in [0.5, 0.6) is 0 Å². The number of aryl methyl sites for hydroxylation is 1. The van der Waals surface area contributed by atoms with Crippen LogP contribution >= 0.6 is 0 Å². The molecule has 0 saturated heterocycles. The Morgan fingerprint density at radius 2 is 2.20 bits per heavy atom. The number of fused-ring (bicyclic) bond motifs is 2. The van der Waals surface area contributed by atoms with Crippen molar-refractivity contribution in [2.45, 2.75) is 26.2 Å². The minimum atomic E-state index is -0.103. The Balaban J connectivity index is 1.40. The molecule has 1 saturated carbocycles. The highest BCUT2D eigenvalue weighted by molar-refractivity contribution is 5.89. The van der Waals surface area contributed by atoms with E-state index in [1.54, 1.807) is 0 Å². The first-order valence-electron chi connectivity index (χ1n) is 7.50. The zero-order valence-corrected chi connectivity index (χ0v) is 11.9. The number of benzene rings is 1. The van der Waals surface area contributed by atoms with Gasteiger partial charge < -0.3 is 10.6 Å². The van der Waals surface area contributed by atoms with Crippen molar-refractivity contribution in [3.05, 3.63) is 42.0 Å². The molecule has 0 radical (unpaired) electrons. The number of nitrogens with one attached hydrogen (secondary N) is 2. The van der Waals surface area contributed by atoms with E-state index in [2.05, 4.69) is 22.8 Å². The zero-order valence-electron chi connectivity index (χ0n) is 11.9. The topological polar surface area (TPSA) is 41.1 Å². The van der Waals surface area contributed by atoms with Gasteiger partial charge in [-0.1, -0.05) is 24.3 Å². The average Bonchev–Trinajstić information content (AvgIpc) is 3.01. The number of hydrogen-bond donors (Lipinski definition) is 2. The molecule has 2 amide bonds. The highest BCUT2D eigenvalue weighted by Crippen LogP contribution is 2.44. The van der Waals surface area contributed by atoms with Crippen molar-refractivity contribution in [1.29, 1.82) is 0 Å². The number of carbonyl (C=O) groups excluding carboxylic acids is 1. The fourth-order valence-corrected chi connectivity index (χ4v) is 3.50. The molecule has 0 aliphatic heterocycles. The summed E-state index contributed by atoms with van der Waals surface area (Å²) in [6.45, 7) is 2.78. The van der Waals surface area contributed by atoms with Crippen LogP contribution in [0.4, 0.5) is 10.5 Å². The lowest BCUT2D eigenvalue weighted by Gasteiger charge is -2.18. The summed E-state index contributed by atoms with van der Waals surface area (Å²) in [5.74, 6) is 2.34. The van der Waals surface area contributed by atoms with E-state index < -0.39 is 0 Å². The molecule has 0 unspecified atom stereocenters. The van der Waals surface area contributed by atoms with Crippen LogP contribution in [0.15, 0.2) is 36.4 Å². The second kappa shape index (κ2) is 5.70. The van der Waals surface area contributed by atoms with E-state index >= 15 is 0 Å². The van der Waals surface area contributed by atoms with Gasteiger partial charge in [0.1, 0.15) is 0 Å². The first-order chi connectivity index (χ1) is 9.70. The second-order valence-electron chi connectivity index (χ2n) is 6.08. The Morgan fingerprint density at radius 1 is 1.30 bits per heavy atom. The van der Waals surface area contributed by atoms with Gasteiger partial charge in [-0.25, -0.2) is 4.79 Å². The summed E-state index contributed by atoms with van der Waals surface area (Å²) in [5.41, 5.74) is 2.00. The summed E-state index contributed by atoms with van der Waals surface area (Å²) in [7, 11) is 0. The van der Waals surface area contributed by atoms with Gasteiger partial charge in [0.25, 0.3) is 0 Å². The van der Waals surface area contributed by atoms with Gasteiger partial charge in [0, 0.05) is 12.2 Å². The van der Waals surface area contributed by atoms with Crippen molar-refractivity contribution in [2.24, 2.45) is 17.8 Å². The fraction of sp³-hybridized carbons (Fsp3) is 0.471. The van der Waals surface area contributed by atoms with Crippen LogP contribution in [0.25, 0.3) is 0 Å². The molecule has 2 N–H and O–H groups in total. The van der Waals surface area contributed by atoms with Crippen LogP contribution in [0.2, 0.25) is 0 Å². The summed E-state index contributed by atoms with van der Waals surface area (Å²) < 4.78 is 0. The van der Waals surface area contributed by atoms with Crippen LogP contribution in [0.3, 0.4) is 0 Å². The van der Waals surface area contributed by atoms with Crippen molar-refractivity contribution >= 4 is 11.7 Å². The Bertz CT molecular complexity index is 523. The van der Waals surface area contributed by atoms with Gasteiger partial charge in [-0.2, -0.15) is 0 Å². The Hall–Kier alpha value is -1.77. The van der Waals surface area contributed by atoms with Crippen molar-refractivity contribution < 1.29 is 4.79 Å². The first-order valence-corrected chi connectivity index (χ1v) is 7.50. The van der Waals surface area contributed by atoms with Gasteiger partial charge in [-0.05, 0) is 61.6 Å². The molecule has 3 rings (SSSR count). The number of anilines is 1. The summed E-state index contributed by atoms with van der Waals surface area (Å²) in [4.78, 5) is 11.8. The van der Waals surface area contributed by atoms with Crippen LogP contribution in [0, 0.1) is 24.7 Å². The van der Waals surface area contributed by atoms with E-state index in [0.29, 0.717) is 0 Å². The minimum absolute atomic E-state index is 0.103. The molecule has 106 valence electrons. The third-order valence-electron chi connectivity index (χ3n) is 4.49. The van der Waals surface area contributed by atoms with Crippen molar-refractivity contribution in [1.82, 2.24) is 5.32 Å². The molecular formula is C17H22N2O. The monoisotopic (exact) mass is 270 g/mol. The van der Waals surface area contributed by atoms with Crippen LogP contribution in [-0.2, 0) is 0 Å². The molecule has 20 heavy (non-hydrogen) atoms. The van der Waals surface area contributed by atoms with Gasteiger partial charge in [0.15, 0.2) is 0 Å². The minimum Gasteiger partial charge on any atom is -0.338 e. The SMILES string of the molecule is Cc1cccc(NC(=O)NCC[C@H]2C[C@H]3C=C[C@H]2C3)c1. The summed E-state index contributed by atoms with van der Waals surface area (Å²) in [6.07, 6.45) is 8.46. The molecule has 1 aromatic rings. The number of amides is 2. The third-order valence-corrected chi connectivity index (χ3v) is 4.49. The Morgan fingerprint density at radius 3 is 2.90 bits per heavy atom. The molecule has 3 nitrogen and oxygen atoms in total. The summed E-state index contributed by atoms with van der Waals surface area (Å²) >= 11 is 0. The van der Waals surface area contributed by atoms with Crippen LogP contribution < -0.4 is 10.6 Å². The lowest BCUT2D eigenvalue weighted by atomic mass is 9.91. The van der Waals surface area contributed by atoms with Crippen LogP contribution in [0.1, 0.15) is 24.8 Å². The molecule has 2 aliphatic carbocycles. The quantitative estimate of drug-likeness (QED) is 0.804. The van der Waals surface area contributed by atoms with Crippen LogP contribution in [-0.4, -0.2) is 12.6 Å². The predicted octanol–water partition coefficient (Wildman–Crippen LogP) is 3.72. The van der Waals surface area contributed by atoms with E-state index in [4.69, 9.17) is 0 Å². The van der Waals surface area contributed by atoms with Gasteiger partial charge in [0.05, 0.1) is 0 Å². The largest absolute Gasteiger partial charge is 0.338 e. The first kappa shape index (κ1) is 13.2. The molecule has 0 aromatic heterocycles. The molecule has 3 heteroatoms. The lowest BCUT2D eigenvalue weighted by Crippen LogP contribution is -2.31. The molecule has 1 aromatic carbocycles. The zero-order chi connectivity index (χ0) is 13.9. The molecule has 3 atom stereocenters. The van der Waals surface area contributed by atoms with Crippen molar-refractivity contribution in [2.75, 3.05) is 11.9 Å². The fourth-order valence-electron chi connectivity index (χ4n) is 3.50. The highest BCUT2D eigenvalue weighted by Gasteiger charge is 2.34. The number of hydrogen-bond acceptors (Lipinski definition) is 1. The second-order valence-corrected chi connectivity index (χ2v) is 6.08. The number of carbonyl (C=O) groups is 1. The number of rotatable bonds is 4. The Kier molecular flexibility index (Phi) is 3.77. The maximum atomic E-state index is 11.8. The molecule has 2 aliphatic rings. The average molecular weight is 270 g/mol. The highest BCUT2D eigenvalue weighted by atomic mass is 16.2. The van der Waals surface area contributed by atoms with E-state index in [9.17, 15) is 4.79 Å².